The number of rotatable bonds is 6. The lowest BCUT2D eigenvalue weighted by Gasteiger charge is -2.32. The topological polar surface area (TPSA) is 41.5 Å². The Morgan fingerprint density at radius 2 is 1.94 bits per heavy atom. The molecule has 1 saturated carbocycles. The van der Waals surface area contributed by atoms with E-state index in [-0.39, 0.29) is 12.1 Å². The third-order valence-electron chi connectivity index (χ3n) is 3.55. The molecule has 3 nitrogen and oxygen atoms in total. The van der Waals surface area contributed by atoms with Gasteiger partial charge in [0.05, 0.1) is 24.9 Å². The van der Waals surface area contributed by atoms with Crippen molar-refractivity contribution in [3.63, 3.8) is 0 Å². The fourth-order valence-electron chi connectivity index (χ4n) is 2.28. The Balaban J connectivity index is 2.27. The molecule has 0 spiro atoms. The number of ether oxygens (including phenoxy) is 1. The van der Waals surface area contributed by atoms with Crippen molar-refractivity contribution >= 4 is 0 Å². The molecule has 2 N–H and O–H groups in total. The molecular weight excluding hydrogens is 202 g/mol. The van der Waals surface area contributed by atoms with Gasteiger partial charge in [0.2, 0.25) is 0 Å². The van der Waals surface area contributed by atoms with E-state index >= 15 is 0 Å². The van der Waals surface area contributed by atoms with E-state index in [9.17, 15) is 5.11 Å². The van der Waals surface area contributed by atoms with Crippen LogP contribution in [0.3, 0.4) is 0 Å². The summed E-state index contributed by atoms with van der Waals surface area (Å²) in [6.45, 7) is 7.98. The molecule has 0 aromatic heterocycles. The molecule has 1 unspecified atom stereocenters. The van der Waals surface area contributed by atoms with Gasteiger partial charge >= 0.3 is 0 Å². The van der Waals surface area contributed by atoms with Gasteiger partial charge in [-0.2, -0.15) is 0 Å². The van der Waals surface area contributed by atoms with Crippen LogP contribution in [0.15, 0.2) is 0 Å². The van der Waals surface area contributed by atoms with E-state index in [1.54, 1.807) is 0 Å². The Morgan fingerprint density at radius 1 is 1.31 bits per heavy atom. The first-order valence-corrected chi connectivity index (χ1v) is 6.57. The fourth-order valence-corrected chi connectivity index (χ4v) is 2.28. The van der Waals surface area contributed by atoms with Gasteiger partial charge < -0.3 is 15.2 Å². The highest BCUT2D eigenvalue weighted by atomic mass is 16.5. The van der Waals surface area contributed by atoms with Crippen molar-refractivity contribution in [3.05, 3.63) is 0 Å². The maximum Gasteiger partial charge on any atom is 0.0671 e. The average molecular weight is 229 g/mol. The van der Waals surface area contributed by atoms with Crippen molar-refractivity contribution in [1.82, 2.24) is 5.32 Å². The number of nitrogens with one attached hydrogen (secondary N) is 1. The Labute approximate surface area is 99.6 Å². The van der Waals surface area contributed by atoms with Gasteiger partial charge in [-0.05, 0) is 45.1 Å². The molecule has 0 aromatic rings. The largest absolute Gasteiger partial charge is 0.394 e. The SMILES string of the molecule is CCNC(C)(CO)COC1CCC(C)CC1. The minimum atomic E-state index is -0.280. The minimum absolute atomic E-state index is 0.129. The van der Waals surface area contributed by atoms with Crippen molar-refractivity contribution in [2.45, 2.75) is 58.1 Å². The van der Waals surface area contributed by atoms with Gasteiger partial charge in [-0.3, -0.25) is 0 Å². The van der Waals surface area contributed by atoms with Crippen LogP contribution in [0, 0.1) is 5.92 Å². The highest BCUT2D eigenvalue weighted by molar-refractivity contribution is 4.82. The number of aliphatic hydroxyl groups is 1. The zero-order chi connectivity index (χ0) is 12.0. The summed E-state index contributed by atoms with van der Waals surface area (Å²) in [5, 5.41) is 12.6. The van der Waals surface area contributed by atoms with Crippen LogP contribution in [-0.4, -0.2) is 36.5 Å². The van der Waals surface area contributed by atoms with E-state index in [1.807, 2.05) is 6.92 Å². The molecule has 1 fully saturated rings. The summed E-state index contributed by atoms with van der Waals surface area (Å²) in [4.78, 5) is 0. The Kier molecular flexibility index (Phi) is 5.73. The molecule has 0 amide bonds. The molecule has 0 aliphatic heterocycles. The number of hydrogen-bond acceptors (Lipinski definition) is 3. The summed E-state index contributed by atoms with van der Waals surface area (Å²) in [7, 11) is 0. The van der Waals surface area contributed by atoms with Gasteiger partial charge in [0, 0.05) is 0 Å². The third-order valence-corrected chi connectivity index (χ3v) is 3.55. The van der Waals surface area contributed by atoms with Crippen molar-refractivity contribution in [2.24, 2.45) is 5.92 Å². The second kappa shape index (κ2) is 6.58. The first-order valence-electron chi connectivity index (χ1n) is 6.57. The van der Waals surface area contributed by atoms with Crippen LogP contribution in [0.4, 0.5) is 0 Å². The van der Waals surface area contributed by atoms with Crippen LogP contribution >= 0.6 is 0 Å². The molecule has 1 rings (SSSR count). The first kappa shape index (κ1) is 13.9. The number of likely N-dealkylation sites (N-methyl/N-ethyl adjacent to an activating group) is 1. The molecule has 16 heavy (non-hydrogen) atoms. The molecule has 0 saturated heterocycles. The molecule has 3 heteroatoms. The highest BCUT2D eigenvalue weighted by Gasteiger charge is 2.25. The van der Waals surface area contributed by atoms with Crippen LogP contribution < -0.4 is 5.32 Å². The van der Waals surface area contributed by atoms with E-state index in [4.69, 9.17) is 4.74 Å². The summed E-state index contributed by atoms with van der Waals surface area (Å²) in [6.07, 6.45) is 5.31. The normalized spacial score (nSPS) is 30.0. The molecule has 1 aliphatic carbocycles. The second-order valence-corrected chi connectivity index (χ2v) is 5.44. The standard InChI is InChI=1S/C13H27NO2/c1-4-14-13(3,9-15)10-16-12-7-5-11(2)6-8-12/h11-12,14-15H,4-10H2,1-3H3. The van der Waals surface area contributed by atoms with E-state index in [0.717, 1.165) is 12.5 Å². The molecule has 0 bridgehead atoms. The summed E-state index contributed by atoms with van der Waals surface area (Å²) < 4.78 is 5.92. The van der Waals surface area contributed by atoms with Crippen molar-refractivity contribution < 1.29 is 9.84 Å². The van der Waals surface area contributed by atoms with Crippen LogP contribution in [0.1, 0.15) is 46.5 Å². The molecular formula is C13H27NO2. The van der Waals surface area contributed by atoms with E-state index < -0.39 is 0 Å². The van der Waals surface area contributed by atoms with Gasteiger partial charge in [0.25, 0.3) is 0 Å². The van der Waals surface area contributed by atoms with Crippen molar-refractivity contribution in [2.75, 3.05) is 19.8 Å². The maximum absolute atomic E-state index is 9.35. The van der Waals surface area contributed by atoms with Crippen LogP contribution in [0.25, 0.3) is 0 Å². The van der Waals surface area contributed by atoms with E-state index in [1.165, 1.54) is 25.7 Å². The quantitative estimate of drug-likeness (QED) is 0.731. The minimum Gasteiger partial charge on any atom is -0.394 e. The first-order chi connectivity index (χ1) is 7.59. The third kappa shape index (κ3) is 4.40. The smallest absolute Gasteiger partial charge is 0.0671 e. The average Bonchev–Trinajstić information content (AvgIpc) is 2.29. The zero-order valence-corrected chi connectivity index (χ0v) is 11.0. The Morgan fingerprint density at radius 3 is 2.44 bits per heavy atom. The highest BCUT2D eigenvalue weighted by Crippen LogP contribution is 2.26. The summed E-state index contributed by atoms with van der Waals surface area (Å²) in [6, 6.07) is 0. The molecule has 1 aliphatic rings. The fraction of sp³-hybridized carbons (Fsp3) is 1.00. The van der Waals surface area contributed by atoms with E-state index in [0.29, 0.717) is 12.7 Å². The lowest BCUT2D eigenvalue weighted by Crippen LogP contribution is -2.50. The van der Waals surface area contributed by atoms with Crippen LogP contribution in [0.5, 0.6) is 0 Å². The van der Waals surface area contributed by atoms with Gasteiger partial charge in [0.15, 0.2) is 0 Å². The second-order valence-electron chi connectivity index (χ2n) is 5.44. The molecule has 0 radical (unpaired) electrons. The van der Waals surface area contributed by atoms with Crippen LogP contribution in [0.2, 0.25) is 0 Å². The molecule has 0 heterocycles. The summed E-state index contributed by atoms with van der Waals surface area (Å²) >= 11 is 0. The lowest BCUT2D eigenvalue weighted by molar-refractivity contribution is -0.0236. The lowest BCUT2D eigenvalue weighted by atomic mass is 9.89. The molecule has 1 atom stereocenters. The van der Waals surface area contributed by atoms with Gasteiger partial charge in [-0.1, -0.05) is 13.8 Å². The maximum atomic E-state index is 9.35. The van der Waals surface area contributed by atoms with Gasteiger partial charge in [-0.25, -0.2) is 0 Å². The summed E-state index contributed by atoms with van der Waals surface area (Å²) in [5.74, 6) is 0.859. The number of hydrogen-bond donors (Lipinski definition) is 2. The summed E-state index contributed by atoms with van der Waals surface area (Å²) in [5.41, 5.74) is -0.280. The van der Waals surface area contributed by atoms with Crippen molar-refractivity contribution in [1.29, 1.82) is 0 Å². The van der Waals surface area contributed by atoms with Crippen molar-refractivity contribution in [3.8, 4) is 0 Å². The Hall–Kier alpha value is -0.120. The van der Waals surface area contributed by atoms with Crippen LogP contribution in [-0.2, 0) is 4.74 Å². The predicted octanol–water partition coefficient (Wildman–Crippen LogP) is 1.94. The van der Waals surface area contributed by atoms with Gasteiger partial charge in [-0.15, -0.1) is 0 Å². The predicted molar refractivity (Wildman–Crippen MR) is 66.5 cm³/mol. The monoisotopic (exact) mass is 229 g/mol. The molecule has 96 valence electrons. The number of aliphatic hydroxyl groups excluding tert-OH is 1. The van der Waals surface area contributed by atoms with E-state index in [2.05, 4.69) is 19.2 Å². The zero-order valence-electron chi connectivity index (χ0n) is 11.0. The van der Waals surface area contributed by atoms with Gasteiger partial charge in [0.1, 0.15) is 0 Å². The molecule has 0 aromatic carbocycles. The Bertz CT molecular complexity index is 190.